The van der Waals surface area contributed by atoms with Gasteiger partial charge in [0.25, 0.3) is 0 Å². The summed E-state index contributed by atoms with van der Waals surface area (Å²) in [5, 5.41) is 10.6. The lowest BCUT2D eigenvalue weighted by atomic mass is 10.1. The molecule has 0 bridgehead atoms. The summed E-state index contributed by atoms with van der Waals surface area (Å²) in [5.74, 6) is 0.846. The predicted molar refractivity (Wildman–Crippen MR) is 120 cm³/mol. The number of hydrogen-bond acceptors (Lipinski definition) is 4. The summed E-state index contributed by atoms with van der Waals surface area (Å²) in [6.07, 6.45) is -0.559. The Balaban J connectivity index is 1.60. The molecule has 0 aromatic heterocycles. The standard InChI is InChI=1S/C26H31NO3/c1-21-7-6-10-24(15-21)17-27(16-22-11-13-26(29-2)14-12-22)18-25(28)20-30-19-23-8-4-3-5-9-23/h3-15,25,28H,16-20H2,1-2H3/t25-/m1/s1. The Labute approximate surface area is 179 Å². The zero-order chi connectivity index (χ0) is 21.2. The summed E-state index contributed by atoms with van der Waals surface area (Å²) >= 11 is 0. The molecule has 0 spiro atoms. The highest BCUT2D eigenvalue weighted by molar-refractivity contribution is 5.27. The van der Waals surface area contributed by atoms with Crippen LogP contribution in [0, 0.1) is 6.92 Å². The first kappa shape index (κ1) is 22.0. The first-order valence-corrected chi connectivity index (χ1v) is 10.3. The number of aliphatic hydroxyl groups excluding tert-OH is 1. The lowest BCUT2D eigenvalue weighted by molar-refractivity contribution is 0.00712. The maximum absolute atomic E-state index is 10.6. The van der Waals surface area contributed by atoms with Gasteiger partial charge in [0, 0.05) is 19.6 Å². The Morgan fingerprint density at radius 2 is 1.53 bits per heavy atom. The molecule has 1 N–H and O–H groups in total. The predicted octanol–water partition coefficient (Wildman–Crippen LogP) is 4.58. The van der Waals surface area contributed by atoms with Gasteiger partial charge in [-0.25, -0.2) is 0 Å². The number of nitrogens with zero attached hydrogens (tertiary/aromatic N) is 1. The van der Waals surface area contributed by atoms with Crippen LogP contribution < -0.4 is 4.74 Å². The molecule has 0 saturated heterocycles. The third kappa shape index (κ3) is 7.30. The summed E-state index contributed by atoms with van der Waals surface area (Å²) in [5.41, 5.74) is 4.77. The van der Waals surface area contributed by atoms with Crippen molar-refractivity contribution in [2.24, 2.45) is 0 Å². The van der Waals surface area contributed by atoms with Crippen molar-refractivity contribution in [3.05, 3.63) is 101 Å². The van der Waals surface area contributed by atoms with Gasteiger partial charge in [-0.3, -0.25) is 4.90 Å². The average Bonchev–Trinajstić information content (AvgIpc) is 2.75. The lowest BCUT2D eigenvalue weighted by Gasteiger charge is -2.25. The molecule has 0 heterocycles. The van der Waals surface area contributed by atoms with E-state index in [0.29, 0.717) is 19.8 Å². The van der Waals surface area contributed by atoms with Gasteiger partial charge in [-0.1, -0.05) is 72.3 Å². The maximum atomic E-state index is 10.6. The first-order valence-electron chi connectivity index (χ1n) is 10.3. The fraction of sp³-hybridized carbons (Fsp3) is 0.308. The molecule has 0 amide bonds. The smallest absolute Gasteiger partial charge is 0.118 e. The molecule has 0 saturated carbocycles. The monoisotopic (exact) mass is 405 g/mol. The van der Waals surface area contributed by atoms with Crippen molar-refractivity contribution in [1.82, 2.24) is 4.90 Å². The Morgan fingerprint density at radius 1 is 0.833 bits per heavy atom. The summed E-state index contributed by atoms with van der Waals surface area (Å²) in [6, 6.07) is 26.6. The quantitative estimate of drug-likeness (QED) is 0.507. The molecule has 3 aromatic carbocycles. The van der Waals surface area contributed by atoms with Crippen molar-refractivity contribution in [2.45, 2.75) is 32.7 Å². The molecular weight excluding hydrogens is 374 g/mol. The SMILES string of the molecule is COc1ccc(CN(Cc2cccc(C)c2)C[C@@H](O)COCc2ccccc2)cc1. The number of benzene rings is 3. The molecule has 158 valence electrons. The van der Waals surface area contributed by atoms with Gasteiger partial charge in [0.15, 0.2) is 0 Å². The van der Waals surface area contributed by atoms with E-state index in [0.717, 1.165) is 24.4 Å². The van der Waals surface area contributed by atoms with Crippen LogP contribution in [0.1, 0.15) is 22.3 Å². The zero-order valence-electron chi connectivity index (χ0n) is 17.8. The molecule has 4 heteroatoms. The normalized spacial score (nSPS) is 12.1. The zero-order valence-corrected chi connectivity index (χ0v) is 17.8. The van der Waals surface area contributed by atoms with E-state index < -0.39 is 6.10 Å². The molecule has 4 nitrogen and oxygen atoms in total. The second-order valence-corrected chi connectivity index (χ2v) is 7.66. The van der Waals surface area contributed by atoms with E-state index in [1.807, 2.05) is 42.5 Å². The van der Waals surface area contributed by atoms with Gasteiger partial charge < -0.3 is 14.6 Å². The van der Waals surface area contributed by atoms with Crippen LogP contribution in [-0.4, -0.2) is 36.4 Å². The number of aliphatic hydroxyl groups is 1. The van der Waals surface area contributed by atoms with Crippen LogP contribution in [0.5, 0.6) is 5.75 Å². The summed E-state index contributed by atoms with van der Waals surface area (Å²) in [7, 11) is 1.67. The molecule has 3 rings (SSSR count). The van der Waals surface area contributed by atoms with Gasteiger partial charge in [-0.2, -0.15) is 0 Å². The topological polar surface area (TPSA) is 41.9 Å². The Morgan fingerprint density at radius 3 is 2.23 bits per heavy atom. The fourth-order valence-electron chi connectivity index (χ4n) is 3.48. The highest BCUT2D eigenvalue weighted by Crippen LogP contribution is 2.16. The summed E-state index contributed by atoms with van der Waals surface area (Å²) < 4.78 is 11.0. The number of aryl methyl sites for hydroxylation is 1. The van der Waals surface area contributed by atoms with Crippen LogP contribution in [-0.2, 0) is 24.4 Å². The average molecular weight is 406 g/mol. The van der Waals surface area contributed by atoms with Gasteiger partial charge in [-0.05, 0) is 35.7 Å². The molecule has 0 radical (unpaired) electrons. The van der Waals surface area contributed by atoms with E-state index in [2.05, 4.69) is 48.2 Å². The Kier molecular flexibility index (Phi) is 8.45. The van der Waals surface area contributed by atoms with E-state index in [-0.39, 0.29) is 0 Å². The third-order valence-corrected chi connectivity index (χ3v) is 4.94. The lowest BCUT2D eigenvalue weighted by Crippen LogP contribution is -2.34. The number of ether oxygens (including phenoxy) is 2. The van der Waals surface area contributed by atoms with E-state index in [9.17, 15) is 5.11 Å². The minimum absolute atomic E-state index is 0.307. The Hall–Kier alpha value is -2.66. The minimum Gasteiger partial charge on any atom is -0.497 e. The molecule has 0 aliphatic heterocycles. The van der Waals surface area contributed by atoms with Crippen LogP contribution >= 0.6 is 0 Å². The van der Waals surface area contributed by atoms with Gasteiger partial charge in [-0.15, -0.1) is 0 Å². The molecule has 0 fully saturated rings. The third-order valence-electron chi connectivity index (χ3n) is 4.94. The van der Waals surface area contributed by atoms with Crippen LogP contribution in [0.2, 0.25) is 0 Å². The van der Waals surface area contributed by atoms with Gasteiger partial charge >= 0.3 is 0 Å². The van der Waals surface area contributed by atoms with Gasteiger partial charge in [0.2, 0.25) is 0 Å². The van der Waals surface area contributed by atoms with Crippen molar-refractivity contribution in [3.63, 3.8) is 0 Å². The van der Waals surface area contributed by atoms with Gasteiger partial charge in [0.1, 0.15) is 5.75 Å². The van der Waals surface area contributed by atoms with Crippen LogP contribution in [0.25, 0.3) is 0 Å². The second kappa shape index (κ2) is 11.5. The first-order chi connectivity index (χ1) is 14.6. The second-order valence-electron chi connectivity index (χ2n) is 7.66. The van der Waals surface area contributed by atoms with Crippen molar-refractivity contribution >= 4 is 0 Å². The highest BCUT2D eigenvalue weighted by Gasteiger charge is 2.14. The van der Waals surface area contributed by atoms with Crippen molar-refractivity contribution in [3.8, 4) is 5.75 Å². The molecule has 0 unspecified atom stereocenters. The summed E-state index contributed by atoms with van der Waals surface area (Å²) in [4.78, 5) is 2.26. The van der Waals surface area contributed by atoms with Gasteiger partial charge in [0.05, 0.1) is 26.4 Å². The van der Waals surface area contributed by atoms with E-state index in [1.165, 1.54) is 16.7 Å². The van der Waals surface area contributed by atoms with Crippen molar-refractivity contribution in [2.75, 3.05) is 20.3 Å². The number of methoxy groups -OCH3 is 1. The largest absolute Gasteiger partial charge is 0.497 e. The molecular formula is C26H31NO3. The minimum atomic E-state index is -0.559. The van der Waals surface area contributed by atoms with Crippen LogP contribution in [0.4, 0.5) is 0 Å². The molecule has 0 aliphatic carbocycles. The van der Waals surface area contributed by atoms with E-state index >= 15 is 0 Å². The van der Waals surface area contributed by atoms with E-state index in [1.54, 1.807) is 7.11 Å². The Bertz CT molecular complexity index is 880. The number of hydrogen-bond donors (Lipinski definition) is 1. The number of rotatable bonds is 11. The van der Waals surface area contributed by atoms with E-state index in [4.69, 9.17) is 9.47 Å². The van der Waals surface area contributed by atoms with Crippen LogP contribution in [0.3, 0.4) is 0 Å². The molecule has 1 atom stereocenters. The van der Waals surface area contributed by atoms with Crippen molar-refractivity contribution < 1.29 is 14.6 Å². The molecule has 3 aromatic rings. The molecule has 30 heavy (non-hydrogen) atoms. The molecule has 0 aliphatic rings. The highest BCUT2D eigenvalue weighted by atomic mass is 16.5. The maximum Gasteiger partial charge on any atom is 0.118 e. The fourth-order valence-corrected chi connectivity index (χ4v) is 3.48. The van der Waals surface area contributed by atoms with Crippen LogP contribution in [0.15, 0.2) is 78.9 Å². The summed E-state index contributed by atoms with van der Waals surface area (Å²) in [6.45, 7) is 4.96. The van der Waals surface area contributed by atoms with Crippen molar-refractivity contribution in [1.29, 1.82) is 0 Å².